The minimum Gasteiger partial charge on any atom is -0.481 e. The van der Waals surface area contributed by atoms with Gasteiger partial charge in [-0.2, -0.15) is 0 Å². The van der Waals surface area contributed by atoms with Crippen LogP contribution in [0.5, 0.6) is 0 Å². The van der Waals surface area contributed by atoms with Crippen molar-refractivity contribution in [2.75, 3.05) is 0 Å². The van der Waals surface area contributed by atoms with Crippen molar-refractivity contribution in [3.63, 3.8) is 0 Å². The third-order valence-electron chi connectivity index (χ3n) is 2.63. The maximum Gasteiger partial charge on any atom is 0.326 e. The largest absolute Gasteiger partial charge is 0.481 e. The highest BCUT2D eigenvalue weighted by molar-refractivity contribution is 5.86. The van der Waals surface area contributed by atoms with Crippen LogP contribution < -0.4 is 10.6 Å². The van der Waals surface area contributed by atoms with E-state index in [9.17, 15) is 14.4 Å². The summed E-state index contributed by atoms with van der Waals surface area (Å²) in [4.78, 5) is 33.0. The molecule has 0 saturated heterocycles. The molecule has 7 nitrogen and oxygen atoms in total. The molecule has 4 N–H and O–H groups in total. The Kier molecular flexibility index (Phi) is 5.52. The van der Waals surface area contributed by atoms with Crippen molar-refractivity contribution in [3.8, 4) is 0 Å². The Morgan fingerprint density at radius 3 is 2.20 bits per heavy atom. The summed E-state index contributed by atoms with van der Waals surface area (Å²) in [6.45, 7) is 1.74. The molecule has 2 atom stereocenters. The Bertz CT molecular complexity index is 489. The molecule has 1 unspecified atom stereocenters. The Labute approximate surface area is 115 Å². The SMILES string of the molecule is CC(NC(=O)N[C@H](CC(=O)O)C(=O)O)c1ccccc1. The van der Waals surface area contributed by atoms with Gasteiger partial charge in [-0.15, -0.1) is 0 Å². The molecule has 0 heterocycles. The minimum absolute atomic E-state index is 0.324. The lowest BCUT2D eigenvalue weighted by Gasteiger charge is -2.17. The highest BCUT2D eigenvalue weighted by Crippen LogP contribution is 2.10. The lowest BCUT2D eigenvalue weighted by molar-refractivity contribution is -0.145. The molecule has 7 heteroatoms. The second-order valence-electron chi connectivity index (χ2n) is 4.24. The first kappa shape index (κ1) is 15.5. The molecule has 0 bridgehead atoms. The number of carbonyl (C=O) groups excluding carboxylic acids is 1. The molecule has 1 rings (SSSR count). The first-order chi connectivity index (χ1) is 9.40. The molecule has 0 aromatic heterocycles. The van der Waals surface area contributed by atoms with Crippen molar-refractivity contribution in [3.05, 3.63) is 35.9 Å². The van der Waals surface area contributed by atoms with Crippen LogP contribution in [0.3, 0.4) is 0 Å². The van der Waals surface area contributed by atoms with E-state index in [0.717, 1.165) is 5.56 Å². The lowest BCUT2D eigenvalue weighted by atomic mass is 10.1. The van der Waals surface area contributed by atoms with Crippen LogP contribution in [0.15, 0.2) is 30.3 Å². The number of carboxylic acids is 2. The van der Waals surface area contributed by atoms with Gasteiger partial charge in [0.2, 0.25) is 0 Å². The van der Waals surface area contributed by atoms with E-state index in [1.165, 1.54) is 0 Å². The van der Waals surface area contributed by atoms with Crippen molar-refractivity contribution in [2.24, 2.45) is 0 Å². The first-order valence-corrected chi connectivity index (χ1v) is 5.96. The zero-order chi connectivity index (χ0) is 15.1. The van der Waals surface area contributed by atoms with Gasteiger partial charge in [0.25, 0.3) is 0 Å². The quantitative estimate of drug-likeness (QED) is 0.619. The summed E-state index contributed by atoms with van der Waals surface area (Å²) in [5.41, 5.74) is 0.854. The summed E-state index contributed by atoms with van der Waals surface area (Å²) < 4.78 is 0. The molecule has 20 heavy (non-hydrogen) atoms. The van der Waals surface area contributed by atoms with E-state index in [1.807, 2.05) is 30.3 Å². The molecule has 108 valence electrons. The number of amides is 2. The molecule has 2 amide bonds. The minimum atomic E-state index is -1.46. The Morgan fingerprint density at radius 2 is 1.70 bits per heavy atom. The highest BCUT2D eigenvalue weighted by Gasteiger charge is 2.23. The second kappa shape index (κ2) is 7.13. The van der Waals surface area contributed by atoms with Crippen LogP contribution in [0.2, 0.25) is 0 Å². The van der Waals surface area contributed by atoms with Crippen LogP contribution in [-0.2, 0) is 9.59 Å². The molecule has 1 aromatic carbocycles. The predicted octanol–water partition coefficient (Wildman–Crippen LogP) is 0.975. The third-order valence-corrected chi connectivity index (χ3v) is 2.63. The van der Waals surface area contributed by atoms with Crippen LogP contribution in [0.4, 0.5) is 4.79 Å². The van der Waals surface area contributed by atoms with Crippen LogP contribution >= 0.6 is 0 Å². The normalized spacial score (nSPS) is 13.1. The molecule has 0 saturated carbocycles. The maximum atomic E-state index is 11.6. The molecule has 0 radical (unpaired) electrons. The van der Waals surface area contributed by atoms with E-state index >= 15 is 0 Å². The lowest BCUT2D eigenvalue weighted by Crippen LogP contribution is -2.47. The van der Waals surface area contributed by atoms with Crippen molar-refractivity contribution >= 4 is 18.0 Å². The number of hydrogen-bond acceptors (Lipinski definition) is 3. The Hall–Kier alpha value is -2.57. The van der Waals surface area contributed by atoms with Gasteiger partial charge in [-0.3, -0.25) is 4.79 Å². The number of urea groups is 1. The van der Waals surface area contributed by atoms with E-state index in [4.69, 9.17) is 10.2 Å². The van der Waals surface area contributed by atoms with Gasteiger partial charge in [0, 0.05) is 0 Å². The van der Waals surface area contributed by atoms with Gasteiger partial charge in [-0.1, -0.05) is 30.3 Å². The first-order valence-electron chi connectivity index (χ1n) is 5.96. The smallest absolute Gasteiger partial charge is 0.326 e. The van der Waals surface area contributed by atoms with E-state index in [0.29, 0.717) is 0 Å². The zero-order valence-corrected chi connectivity index (χ0v) is 10.9. The molecule has 0 aliphatic carbocycles. The Morgan fingerprint density at radius 1 is 1.10 bits per heavy atom. The highest BCUT2D eigenvalue weighted by atomic mass is 16.4. The predicted molar refractivity (Wildman–Crippen MR) is 70.2 cm³/mol. The summed E-state index contributed by atoms with van der Waals surface area (Å²) >= 11 is 0. The molecule has 0 aliphatic rings. The molecular weight excluding hydrogens is 264 g/mol. The van der Waals surface area contributed by atoms with Gasteiger partial charge in [0.05, 0.1) is 12.5 Å². The summed E-state index contributed by atoms with van der Waals surface area (Å²) in [5.74, 6) is -2.69. The maximum absolute atomic E-state index is 11.6. The number of carboxylic acid groups (broad SMARTS) is 2. The van der Waals surface area contributed by atoms with Crippen LogP contribution in [0.1, 0.15) is 24.9 Å². The molecule has 0 fully saturated rings. The van der Waals surface area contributed by atoms with Gasteiger partial charge in [-0.25, -0.2) is 9.59 Å². The fraction of sp³-hybridized carbons (Fsp3) is 0.308. The summed E-state index contributed by atoms with van der Waals surface area (Å²) in [6, 6.07) is 6.59. The second-order valence-corrected chi connectivity index (χ2v) is 4.24. The molecular formula is C13H16N2O5. The van der Waals surface area contributed by atoms with Gasteiger partial charge >= 0.3 is 18.0 Å². The zero-order valence-electron chi connectivity index (χ0n) is 10.9. The topological polar surface area (TPSA) is 116 Å². The van der Waals surface area contributed by atoms with Crippen LogP contribution in [0, 0.1) is 0 Å². The van der Waals surface area contributed by atoms with Crippen molar-refractivity contribution in [2.45, 2.75) is 25.4 Å². The van der Waals surface area contributed by atoms with Gasteiger partial charge < -0.3 is 20.8 Å². The number of rotatable bonds is 6. The fourth-order valence-corrected chi connectivity index (χ4v) is 1.60. The molecule has 1 aromatic rings. The average molecular weight is 280 g/mol. The van der Waals surface area contributed by atoms with Crippen molar-refractivity contribution in [1.82, 2.24) is 10.6 Å². The van der Waals surface area contributed by atoms with Crippen molar-refractivity contribution in [1.29, 1.82) is 0 Å². The number of hydrogen-bond donors (Lipinski definition) is 4. The van der Waals surface area contributed by atoms with Gasteiger partial charge in [-0.05, 0) is 12.5 Å². The van der Waals surface area contributed by atoms with E-state index in [-0.39, 0.29) is 6.04 Å². The summed E-state index contributed by atoms with van der Waals surface area (Å²) in [5, 5.41) is 22.1. The number of carbonyl (C=O) groups is 3. The number of aliphatic carboxylic acids is 2. The summed E-state index contributed by atoms with van der Waals surface area (Å²) in [6.07, 6.45) is -0.678. The summed E-state index contributed by atoms with van der Waals surface area (Å²) in [7, 11) is 0. The average Bonchev–Trinajstić information content (AvgIpc) is 2.38. The van der Waals surface area contributed by atoms with Crippen LogP contribution in [-0.4, -0.2) is 34.2 Å². The van der Waals surface area contributed by atoms with E-state index in [2.05, 4.69) is 10.6 Å². The Balaban J connectivity index is 2.57. The number of nitrogens with one attached hydrogen (secondary N) is 2. The van der Waals surface area contributed by atoms with Crippen LogP contribution in [0.25, 0.3) is 0 Å². The van der Waals surface area contributed by atoms with E-state index < -0.39 is 30.4 Å². The van der Waals surface area contributed by atoms with Gasteiger partial charge in [0.15, 0.2) is 0 Å². The third kappa shape index (κ3) is 4.97. The number of benzene rings is 1. The van der Waals surface area contributed by atoms with Gasteiger partial charge in [0.1, 0.15) is 6.04 Å². The molecule has 0 spiro atoms. The van der Waals surface area contributed by atoms with Crippen molar-refractivity contribution < 1.29 is 24.6 Å². The molecule has 0 aliphatic heterocycles. The monoisotopic (exact) mass is 280 g/mol. The standard InChI is InChI=1S/C13H16N2O5/c1-8(9-5-3-2-4-6-9)14-13(20)15-10(12(18)19)7-11(16)17/h2-6,8,10H,7H2,1H3,(H,16,17)(H,18,19)(H2,14,15,20)/t8?,10-/m1/s1. The van der Waals surface area contributed by atoms with E-state index in [1.54, 1.807) is 6.92 Å². The fourth-order valence-electron chi connectivity index (χ4n) is 1.60.